The lowest BCUT2D eigenvalue weighted by Crippen LogP contribution is -2.00. The van der Waals surface area contributed by atoms with Crippen LogP contribution < -0.4 is 9.47 Å². The number of benzene rings is 1. The molecule has 0 aliphatic heterocycles. The number of aliphatic hydroxyl groups excluding tert-OH is 1. The van der Waals surface area contributed by atoms with Gasteiger partial charge in [0.15, 0.2) is 11.5 Å². The highest BCUT2D eigenvalue weighted by molar-refractivity contribution is 5.43. The lowest BCUT2D eigenvalue weighted by molar-refractivity contribution is 0.198. The van der Waals surface area contributed by atoms with Crippen LogP contribution in [0.1, 0.15) is 57.6 Å². The van der Waals surface area contributed by atoms with E-state index in [0.29, 0.717) is 12.4 Å². The van der Waals surface area contributed by atoms with Crippen molar-refractivity contribution in [2.75, 3.05) is 13.7 Å². The van der Waals surface area contributed by atoms with Crippen LogP contribution in [0.3, 0.4) is 0 Å². The molecule has 0 aliphatic rings. The third-order valence-electron chi connectivity index (χ3n) is 3.18. The molecule has 0 saturated heterocycles. The Morgan fingerprint density at radius 1 is 1.11 bits per heavy atom. The fourth-order valence-electron chi connectivity index (χ4n) is 1.95. The molecule has 0 unspecified atom stereocenters. The molecule has 0 radical (unpaired) electrons. The number of hydrogen-bond donors (Lipinski definition) is 1. The molecule has 0 bridgehead atoms. The van der Waals surface area contributed by atoms with Crippen molar-refractivity contribution in [2.24, 2.45) is 0 Å². The van der Waals surface area contributed by atoms with E-state index in [-0.39, 0.29) is 0 Å². The highest BCUT2D eigenvalue weighted by Gasteiger charge is 2.08. The van der Waals surface area contributed by atoms with Crippen molar-refractivity contribution in [2.45, 2.75) is 52.1 Å². The van der Waals surface area contributed by atoms with Crippen molar-refractivity contribution in [3.63, 3.8) is 0 Å². The number of rotatable bonds is 9. The molecule has 1 atom stereocenters. The summed E-state index contributed by atoms with van der Waals surface area (Å²) in [6.45, 7) is 4.67. The van der Waals surface area contributed by atoms with Crippen LogP contribution >= 0.6 is 0 Å². The molecule has 1 aromatic carbocycles. The van der Waals surface area contributed by atoms with E-state index in [9.17, 15) is 5.11 Å². The van der Waals surface area contributed by atoms with Crippen molar-refractivity contribution < 1.29 is 14.6 Å². The second kappa shape index (κ2) is 8.81. The number of aliphatic hydroxyl groups is 1. The standard InChI is InChI=1S/C16H26O3/c1-4-5-6-7-8-11-19-15-10-9-14(13(2)17)12-16(15)18-3/h9-10,12-13,17H,4-8,11H2,1-3H3/t13-/m1/s1. The van der Waals surface area contributed by atoms with Crippen molar-refractivity contribution >= 4 is 0 Å². The van der Waals surface area contributed by atoms with Crippen molar-refractivity contribution in [1.82, 2.24) is 0 Å². The topological polar surface area (TPSA) is 38.7 Å². The fourth-order valence-corrected chi connectivity index (χ4v) is 1.95. The SMILES string of the molecule is CCCCCCCOc1ccc([C@@H](C)O)cc1OC. The van der Waals surface area contributed by atoms with E-state index in [1.807, 2.05) is 18.2 Å². The maximum atomic E-state index is 9.53. The maximum absolute atomic E-state index is 9.53. The zero-order valence-electron chi connectivity index (χ0n) is 12.3. The Morgan fingerprint density at radius 2 is 1.84 bits per heavy atom. The molecule has 1 aromatic rings. The Labute approximate surface area is 116 Å². The molecule has 1 rings (SSSR count). The maximum Gasteiger partial charge on any atom is 0.161 e. The number of ether oxygens (including phenoxy) is 2. The minimum Gasteiger partial charge on any atom is -0.493 e. The van der Waals surface area contributed by atoms with E-state index in [2.05, 4.69) is 6.92 Å². The lowest BCUT2D eigenvalue weighted by atomic mass is 10.1. The van der Waals surface area contributed by atoms with Crippen LogP contribution in [-0.2, 0) is 0 Å². The van der Waals surface area contributed by atoms with Gasteiger partial charge in [-0.25, -0.2) is 0 Å². The van der Waals surface area contributed by atoms with Gasteiger partial charge in [0.05, 0.1) is 19.8 Å². The molecule has 0 aromatic heterocycles. The molecule has 19 heavy (non-hydrogen) atoms. The predicted octanol–water partition coefficient (Wildman–Crippen LogP) is 4.10. The molecule has 3 nitrogen and oxygen atoms in total. The van der Waals surface area contributed by atoms with Crippen molar-refractivity contribution in [1.29, 1.82) is 0 Å². The summed E-state index contributed by atoms with van der Waals surface area (Å²) in [6, 6.07) is 5.57. The quantitative estimate of drug-likeness (QED) is 0.684. The van der Waals surface area contributed by atoms with Crippen LogP contribution in [0.5, 0.6) is 11.5 Å². The summed E-state index contributed by atoms with van der Waals surface area (Å²) in [5.41, 5.74) is 0.840. The third kappa shape index (κ3) is 5.52. The second-order valence-electron chi connectivity index (χ2n) is 4.85. The number of unbranched alkanes of at least 4 members (excludes halogenated alkanes) is 4. The summed E-state index contributed by atoms with van der Waals surface area (Å²) in [6.07, 6.45) is 5.63. The van der Waals surface area contributed by atoms with Crippen LogP contribution in [0.25, 0.3) is 0 Å². The Balaban J connectivity index is 2.44. The zero-order chi connectivity index (χ0) is 14.1. The van der Waals surface area contributed by atoms with Gasteiger partial charge in [-0.1, -0.05) is 38.7 Å². The molecule has 0 fully saturated rings. The van der Waals surface area contributed by atoms with Crippen LogP contribution in [-0.4, -0.2) is 18.8 Å². The van der Waals surface area contributed by atoms with Gasteiger partial charge in [0.2, 0.25) is 0 Å². The van der Waals surface area contributed by atoms with Crippen molar-refractivity contribution in [3.05, 3.63) is 23.8 Å². The summed E-state index contributed by atoms with van der Waals surface area (Å²) in [4.78, 5) is 0. The first-order chi connectivity index (χ1) is 9.19. The Hall–Kier alpha value is -1.22. The van der Waals surface area contributed by atoms with Gasteiger partial charge in [0.25, 0.3) is 0 Å². The summed E-state index contributed by atoms with van der Waals surface area (Å²) >= 11 is 0. The molecule has 1 N–H and O–H groups in total. The first kappa shape index (κ1) is 15.8. The summed E-state index contributed by atoms with van der Waals surface area (Å²) in [7, 11) is 1.62. The fraction of sp³-hybridized carbons (Fsp3) is 0.625. The molecule has 0 saturated carbocycles. The van der Waals surface area contributed by atoms with Crippen LogP contribution in [0.15, 0.2) is 18.2 Å². The Morgan fingerprint density at radius 3 is 2.47 bits per heavy atom. The Bertz CT molecular complexity index is 361. The van der Waals surface area contributed by atoms with E-state index in [4.69, 9.17) is 9.47 Å². The minimum atomic E-state index is -0.489. The molecule has 0 amide bonds. The van der Waals surface area contributed by atoms with Crippen LogP contribution in [0.2, 0.25) is 0 Å². The van der Waals surface area contributed by atoms with Crippen LogP contribution in [0, 0.1) is 0 Å². The minimum absolute atomic E-state index is 0.489. The summed E-state index contributed by atoms with van der Waals surface area (Å²) < 4.78 is 11.0. The van der Waals surface area contributed by atoms with E-state index in [1.54, 1.807) is 14.0 Å². The van der Waals surface area contributed by atoms with Gasteiger partial charge in [-0.3, -0.25) is 0 Å². The number of hydrogen-bond acceptors (Lipinski definition) is 3. The van der Waals surface area contributed by atoms with E-state index >= 15 is 0 Å². The third-order valence-corrected chi connectivity index (χ3v) is 3.18. The molecule has 108 valence electrons. The second-order valence-corrected chi connectivity index (χ2v) is 4.85. The normalized spacial score (nSPS) is 12.2. The van der Waals surface area contributed by atoms with E-state index < -0.39 is 6.10 Å². The van der Waals surface area contributed by atoms with Gasteiger partial charge in [-0.05, 0) is 31.0 Å². The first-order valence-corrected chi connectivity index (χ1v) is 7.17. The van der Waals surface area contributed by atoms with Gasteiger partial charge >= 0.3 is 0 Å². The van der Waals surface area contributed by atoms with Crippen molar-refractivity contribution in [3.8, 4) is 11.5 Å². The summed E-state index contributed by atoms with van der Waals surface area (Å²) in [5, 5.41) is 9.53. The number of methoxy groups -OCH3 is 1. The van der Waals surface area contributed by atoms with Gasteiger partial charge < -0.3 is 14.6 Å². The highest BCUT2D eigenvalue weighted by atomic mass is 16.5. The lowest BCUT2D eigenvalue weighted by Gasteiger charge is -2.13. The molecular formula is C16H26O3. The zero-order valence-corrected chi connectivity index (χ0v) is 12.3. The van der Waals surface area contributed by atoms with Gasteiger partial charge in [-0.2, -0.15) is 0 Å². The molecule has 0 aliphatic carbocycles. The van der Waals surface area contributed by atoms with E-state index in [0.717, 1.165) is 17.7 Å². The van der Waals surface area contributed by atoms with E-state index in [1.165, 1.54) is 25.7 Å². The van der Waals surface area contributed by atoms with Gasteiger partial charge in [-0.15, -0.1) is 0 Å². The molecule has 0 heterocycles. The molecule has 3 heteroatoms. The average molecular weight is 266 g/mol. The highest BCUT2D eigenvalue weighted by Crippen LogP contribution is 2.30. The smallest absolute Gasteiger partial charge is 0.161 e. The predicted molar refractivity (Wildman–Crippen MR) is 77.9 cm³/mol. The molecular weight excluding hydrogens is 240 g/mol. The largest absolute Gasteiger partial charge is 0.493 e. The summed E-state index contributed by atoms with van der Waals surface area (Å²) in [5.74, 6) is 1.44. The monoisotopic (exact) mass is 266 g/mol. The average Bonchev–Trinajstić information content (AvgIpc) is 2.42. The molecule has 0 spiro atoms. The Kier molecular flexibility index (Phi) is 7.34. The van der Waals surface area contributed by atoms with Crippen LogP contribution in [0.4, 0.5) is 0 Å². The van der Waals surface area contributed by atoms with Gasteiger partial charge in [0, 0.05) is 0 Å². The van der Waals surface area contributed by atoms with Gasteiger partial charge in [0.1, 0.15) is 0 Å². The first-order valence-electron chi connectivity index (χ1n) is 7.17.